The molecule has 1 aliphatic rings. The normalized spacial score (nSPS) is 15.1. The van der Waals surface area contributed by atoms with E-state index in [0.29, 0.717) is 0 Å². The van der Waals surface area contributed by atoms with Crippen LogP contribution in [0, 0.1) is 12.8 Å². The molecular formula is C25H28N2O2S. The lowest BCUT2D eigenvalue weighted by Crippen LogP contribution is -2.37. The molecule has 2 aromatic carbocycles. The molecule has 3 aromatic rings. The second kappa shape index (κ2) is 9.45. The van der Waals surface area contributed by atoms with Crippen LogP contribution in [0.15, 0.2) is 60.7 Å². The van der Waals surface area contributed by atoms with Gasteiger partial charge < -0.3 is 10.1 Å². The third kappa shape index (κ3) is 4.91. The van der Waals surface area contributed by atoms with E-state index in [9.17, 15) is 4.79 Å². The Morgan fingerprint density at radius 2 is 1.90 bits per heavy atom. The first-order chi connectivity index (χ1) is 14.6. The summed E-state index contributed by atoms with van der Waals surface area (Å²) < 4.78 is 5.36. The van der Waals surface area contributed by atoms with Crippen LogP contribution in [-0.4, -0.2) is 31.0 Å². The van der Waals surface area contributed by atoms with Crippen LogP contribution in [0.1, 0.15) is 22.6 Å². The number of carbonyl (C=O) groups is 1. The van der Waals surface area contributed by atoms with E-state index in [4.69, 9.17) is 4.74 Å². The van der Waals surface area contributed by atoms with Crippen molar-refractivity contribution in [3.8, 4) is 16.9 Å². The minimum atomic E-state index is 0.0599. The maximum Gasteiger partial charge on any atom is 0.227 e. The average molecular weight is 421 g/mol. The van der Waals surface area contributed by atoms with Crippen LogP contribution in [0.4, 0.5) is 5.69 Å². The first-order valence-corrected chi connectivity index (χ1v) is 11.3. The molecule has 1 aromatic heterocycles. The molecule has 1 N–H and O–H groups in total. The van der Waals surface area contributed by atoms with Gasteiger partial charge in [0.2, 0.25) is 5.91 Å². The summed E-state index contributed by atoms with van der Waals surface area (Å²) in [7, 11) is 1.67. The van der Waals surface area contributed by atoms with Gasteiger partial charge >= 0.3 is 0 Å². The predicted octanol–water partition coefficient (Wildman–Crippen LogP) is 5.58. The molecule has 1 aliphatic heterocycles. The Kier molecular flexibility index (Phi) is 6.50. The van der Waals surface area contributed by atoms with E-state index in [1.165, 1.54) is 9.75 Å². The van der Waals surface area contributed by atoms with Crippen molar-refractivity contribution >= 4 is 22.9 Å². The van der Waals surface area contributed by atoms with Crippen molar-refractivity contribution in [2.45, 2.75) is 26.3 Å². The van der Waals surface area contributed by atoms with E-state index in [-0.39, 0.29) is 11.8 Å². The number of para-hydroxylation sites is 1. The molecule has 4 rings (SSSR count). The van der Waals surface area contributed by atoms with Crippen LogP contribution in [0.25, 0.3) is 11.1 Å². The van der Waals surface area contributed by atoms with E-state index >= 15 is 0 Å². The summed E-state index contributed by atoms with van der Waals surface area (Å²) >= 11 is 1.86. The minimum absolute atomic E-state index is 0.0599. The second-order valence-corrected chi connectivity index (χ2v) is 9.20. The van der Waals surface area contributed by atoms with Gasteiger partial charge in [-0.2, -0.15) is 0 Å². The van der Waals surface area contributed by atoms with Gasteiger partial charge in [-0.3, -0.25) is 9.69 Å². The highest BCUT2D eigenvalue weighted by Crippen LogP contribution is 2.31. The number of hydrogen-bond acceptors (Lipinski definition) is 4. The summed E-state index contributed by atoms with van der Waals surface area (Å²) in [6.45, 7) is 5.07. The number of nitrogens with one attached hydrogen (secondary N) is 1. The van der Waals surface area contributed by atoms with Crippen LogP contribution >= 0.6 is 11.3 Å². The number of amides is 1. The summed E-state index contributed by atoms with van der Waals surface area (Å²) in [6, 6.07) is 20.3. The number of rotatable bonds is 6. The Bertz CT molecular complexity index is 1010. The van der Waals surface area contributed by atoms with Gasteiger partial charge in [-0.1, -0.05) is 30.3 Å². The molecule has 0 radical (unpaired) electrons. The molecule has 0 aliphatic carbocycles. The zero-order valence-electron chi connectivity index (χ0n) is 17.6. The maximum absolute atomic E-state index is 13.0. The van der Waals surface area contributed by atoms with E-state index in [2.05, 4.69) is 29.3 Å². The highest BCUT2D eigenvalue weighted by molar-refractivity contribution is 7.11. The maximum atomic E-state index is 13.0. The first kappa shape index (κ1) is 20.6. The Hall–Kier alpha value is -2.63. The largest absolute Gasteiger partial charge is 0.497 e. The van der Waals surface area contributed by atoms with Crippen molar-refractivity contribution in [2.24, 2.45) is 5.92 Å². The van der Waals surface area contributed by atoms with Gasteiger partial charge in [0, 0.05) is 33.5 Å². The number of likely N-dealkylation sites (tertiary alicyclic amines) is 1. The van der Waals surface area contributed by atoms with E-state index in [1.807, 2.05) is 59.9 Å². The molecule has 0 spiro atoms. The number of ether oxygens (including phenoxy) is 1. The number of anilines is 1. The monoisotopic (exact) mass is 420 g/mol. The molecule has 4 nitrogen and oxygen atoms in total. The zero-order chi connectivity index (χ0) is 20.9. The first-order valence-electron chi connectivity index (χ1n) is 10.4. The van der Waals surface area contributed by atoms with Gasteiger partial charge in [-0.25, -0.2) is 0 Å². The van der Waals surface area contributed by atoms with Crippen molar-refractivity contribution in [2.75, 3.05) is 25.5 Å². The average Bonchev–Trinajstić information content (AvgIpc) is 3.19. The van der Waals surface area contributed by atoms with Crippen molar-refractivity contribution in [3.63, 3.8) is 0 Å². The van der Waals surface area contributed by atoms with Gasteiger partial charge in [0.15, 0.2) is 0 Å². The third-order valence-corrected chi connectivity index (χ3v) is 6.68. The van der Waals surface area contributed by atoms with Crippen LogP contribution in [0.2, 0.25) is 0 Å². The highest BCUT2D eigenvalue weighted by atomic mass is 32.1. The summed E-state index contributed by atoms with van der Waals surface area (Å²) in [5.74, 6) is 0.989. The SMILES string of the molecule is COc1cccc(-c2ccccc2NC(=O)C2CCN(Cc3ccc(C)s3)CC2)c1. The molecule has 30 heavy (non-hydrogen) atoms. The Balaban J connectivity index is 1.39. The van der Waals surface area contributed by atoms with Crippen LogP contribution in [0.3, 0.4) is 0 Å². The third-order valence-electron chi connectivity index (χ3n) is 5.70. The van der Waals surface area contributed by atoms with E-state index in [1.54, 1.807) is 7.11 Å². The number of benzene rings is 2. The fraction of sp³-hybridized carbons (Fsp3) is 0.320. The van der Waals surface area contributed by atoms with Crippen molar-refractivity contribution in [1.29, 1.82) is 0 Å². The van der Waals surface area contributed by atoms with Crippen LogP contribution in [-0.2, 0) is 11.3 Å². The molecule has 1 amide bonds. The van der Waals surface area contributed by atoms with Crippen molar-refractivity contribution in [3.05, 3.63) is 70.4 Å². The molecule has 0 bridgehead atoms. The van der Waals surface area contributed by atoms with Gasteiger partial charge in [-0.15, -0.1) is 11.3 Å². The van der Waals surface area contributed by atoms with Gasteiger partial charge in [0.05, 0.1) is 7.11 Å². The minimum Gasteiger partial charge on any atom is -0.497 e. The molecule has 0 saturated carbocycles. The number of piperidine rings is 1. The summed E-state index contributed by atoms with van der Waals surface area (Å²) in [6.07, 6.45) is 1.80. The number of aryl methyl sites for hydroxylation is 1. The Morgan fingerprint density at radius 1 is 1.10 bits per heavy atom. The van der Waals surface area contributed by atoms with Crippen LogP contribution < -0.4 is 10.1 Å². The van der Waals surface area contributed by atoms with Gasteiger partial charge in [0.25, 0.3) is 0 Å². The van der Waals surface area contributed by atoms with Gasteiger partial charge in [0.1, 0.15) is 5.75 Å². The lowest BCUT2D eigenvalue weighted by atomic mass is 9.95. The topological polar surface area (TPSA) is 41.6 Å². The van der Waals surface area contributed by atoms with E-state index in [0.717, 1.165) is 55.0 Å². The summed E-state index contributed by atoms with van der Waals surface area (Å²) in [5, 5.41) is 3.19. The lowest BCUT2D eigenvalue weighted by Gasteiger charge is -2.31. The summed E-state index contributed by atoms with van der Waals surface area (Å²) in [4.78, 5) is 18.2. The standard InChI is InChI=1S/C25H28N2O2S/c1-18-10-11-22(30-18)17-27-14-12-19(13-15-27)25(28)26-24-9-4-3-8-23(24)20-6-5-7-21(16-20)29-2/h3-11,16,19H,12-15,17H2,1-2H3,(H,26,28). The molecule has 156 valence electrons. The zero-order valence-corrected chi connectivity index (χ0v) is 18.4. The Morgan fingerprint density at radius 3 is 2.63 bits per heavy atom. The number of carbonyl (C=O) groups excluding carboxylic acids is 1. The fourth-order valence-electron chi connectivity index (χ4n) is 4.01. The molecule has 1 fully saturated rings. The molecule has 0 unspecified atom stereocenters. The lowest BCUT2D eigenvalue weighted by molar-refractivity contribution is -0.121. The van der Waals surface area contributed by atoms with Crippen molar-refractivity contribution < 1.29 is 9.53 Å². The number of hydrogen-bond donors (Lipinski definition) is 1. The smallest absolute Gasteiger partial charge is 0.227 e. The summed E-state index contributed by atoms with van der Waals surface area (Å²) in [5.41, 5.74) is 2.90. The Labute approximate surface area is 182 Å². The second-order valence-electron chi connectivity index (χ2n) is 7.83. The van der Waals surface area contributed by atoms with Crippen molar-refractivity contribution in [1.82, 2.24) is 4.90 Å². The molecule has 5 heteroatoms. The van der Waals surface area contributed by atoms with Crippen LogP contribution in [0.5, 0.6) is 5.75 Å². The molecule has 0 atom stereocenters. The fourth-order valence-corrected chi connectivity index (χ4v) is 4.95. The molecule has 1 saturated heterocycles. The van der Waals surface area contributed by atoms with E-state index < -0.39 is 0 Å². The highest BCUT2D eigenvalue weighted by Gasteiger charge is 2.25. The van der Waals surface area contributed by atoms with Gasteiger partial charge in [-0.05, 0) is 68.8 Å². The number of methoxy groups -OCH3 is 1. The number of nitrogens with zero attached hydrogens (tertiary/aromatic N) is 1. The molecule has 2 heterocycles. The molecular weight excluding hydrogens is 392 g/mol. The predicted molar refractivity (Wildman–Crippen MR) is 124 cm³/mol. The quantitative estimate of drug-likeness (QED) is 0.566. The number of thiophene rings is 1.